The molecule has 122 valence electrons. The Bertz CT molecular complexity index is 502. The van der Waals surface area contributed by atoms with Gasteiger partial charge in [-0.25, -0.2) is 4.39 Å². The first-order chi connectivity index (χ1) is 10.4. The Morgan fingerprint density at radius 3 is 2.73 bits per heavy atom. The van der Waals surface area contributed by atoms with Crippen LogP contribution in [0.1, 0.15) is 32.6 Å². The zero-order chi connectivity index (χ0) is 16.2. The van der Waals surface area contributed by atoms with Gasteiger partial charge in [-0.1, -0.05) is 12.8 Å². The van der Waals surface area contributed by atoms with Gasteiger partial charge in [0.25, 0.3) is 0 Å². The lowest BCUT2D eigenvalue weighted by atomic mass is 9.74. The van der Waals surface area contributed by atoms with Crippen LogP contribution in [-0.2, 0) is 4.79 Å². The van der Waals surface area contributed by atoms with E-state index in [9.17, 15) is 9.18 Å². The van der Waals surface area contributed by atoms with Crippen molar-refractivity contribution in [2.24, 2.45) is 11.7 Å². The third-order valence-electron chi connectivity index (χ3n) is 4.44. The van der Waals surface area contributed by atoms with Crippen molar-refractivity contribution in [2.45, 2.75) is 38.1 Å². The number of benzene rings is 1. The number of halogens is 1. The van der Waals surface area contributed by atoms with Crippen molar-refractivity contribution in [2.75, 3.05) is 20.2 Å². The van der Waals surface area contributed by atoms with E-state index in [0.29, 0.717) is 18.9 Å². The predicted octanol–water partition coefficient (Wildman–Crippen LogP) is 2.57. The van der Waals surface area contributed by atoms with Gasteiger partial charge >= 0.3 is 0 Å². The van der Waals surface area contributed by atoms with E-state index >= 15 is 0 Å². The number of likely N-dealkylation sites (N-methyl/N-ethyl adjacent to an activating group) is 1. The first-order valence-electron chi connectivity index (χ1n) is 7.82. The molecule has 1 aromatic carbocycles. The standard InChI is InChI=1S/C17H25FN2O2/c1-17(19)10-4-3-5-15(17)16(21)20(2)11-12-22-14-8-6-13(18)7-9-14/h6-9,15H,3-5,10-12,19H2,1-2H3. The molecular weight excluding hydrogens is 283 g/mol. The molecule has 1 aliphatic carbocycles. The van der Waals surface area contributed by atoms with Gasteiger partial charge in [0.05, 0.1) is 12.5 Å². The topological polar surface area (TPSA) is 55.6 Å². The van der Waals surface area contributed by atoms with Crippen LogP contribution in [0.4, 0.5) is 4.39 Å². The number of rotatable bonds is 5. The molecule has 2 rings (SSSR count). The molecule has 2 unspecified atom stereocenters. The normalized spacial score (nSPS) is 24.8. The van der Waals surface area contributed by atoms with Crippen molar-refractivity contribution < 1.29 is 13.9 Å². The molecule has 0 aliphatic heterocycles. The molecule has 4 nitrogen and oxygen atoms in total. The number of carbonyl (C=O) groups excluding carboxylic acids is 1. The number of nitrogens with zero attached hydrogens (tertiary/aromatic N) is 1. The minimum atomic E-state index is -0.415. The summed E-state index contributed by atoms with van der Waals surface area (Å²) in [7, 11) is 1.78. The monoisotopic (exact) mass is 308 g/mol. The highest BCUT2D eigenvalue weighted by molar-refractivity contribution is 5.80. The quantitative estimate of drug-likeness (QED) is 0.909. The van der Waals surface area contributed by atoms with Gasteiger partial charge in [0.2, 0.25) is 5.91 Å². The van der Waals surface area contributed by atoms with E-state index in [-0.39, 0.29) is 17.6 Å². The molecule has 1 amide bonds. The average molecular weight is 308 g/mol. The summed E-state index contributed by atoms with van der Waals surface area (Å²) in [5.41, 5.74) is 5.87. The summed E-state index contributed by atoms with van der Waals surface area (Å²) in [4.78, 5) is 14.2. The average Bonchev–Trinajstić information content (AvgIpc) is 2.48. The zero-order valence-electron chi connectivity index (χ0n) is 13.3. The first kappa shape index (κ1) is 16.7. The smallest absolute Gasteiger partial charge is 0.227 e. The number of hydrogen-bond donors (Lipinski definition) is 1. The number of hydrogen-bond acceptors (Lipinski definition) is 3. The third-order valence-corrected chi connectivity index (χ3v) is 4.44. The maximum absolute atomic E-state index is 12.8. The van der Waals surface area contributed by atoms with Crippen LogP contribution >= 0.6 is 0 Å². The molecule has 5 heteroatoms. The van der Waals surface area contributed by atoms with Crippen molar-refractivity contribution >= 4 is 5.91 Å². The Kier molecular flexibility index (Phi) is 5.40. The Morgan fingerprint density at radius 1 is 1.41 bits per heavy atom. The maximum atomic E-state index is 12.8. The molecule has 1 aliphatic rings. The second-order valence-electron chi connectivity index (χ2n) is 6.37. The minimum Gasteiger partial charge on any atom is -0.492 e. The minimum absolute atomic E-state index is 0.0902. The van der Waals surface area contributed by atoms with Crippen molar-refractivity contribution in [3.05, 3.63) is 30.1 Å². The summed E-state index contributed by atoms with van der Waals surface area (Å²) in [5.74, 6) is 0.284. The van der Waals surface area contributed by atoms with E-state index in [1.165, 1.54) is 12.1 Å². The van der Waals surface area contributed by atoms with Crippen LogP contribution in [0.15, 0.2) is 24.3 Å². The summed E-state index contributed by atoms with van der Waals surface area (Å²) in [6.07, 6.45) is 3.90. The molecule has 1 saturated carbocycles. The Morgan fingerprint density at radius 2 is 2.09 bits per heavy atom. The molecule has 1 fully saturated rings. The molecule has 0 spiro atoms. The van der Waals surface area contributed by atoms with Gasteiger partial charge < -0.3 is 15.4 Å². The van der Waals surface area contributed by atoms with Crippen molar-refractivity contribution in [1.29, 1.82) is 0 Å². The van der Waals surface area contributed by atoms with Crippen LogP contribution in [0, 0.1) is 11.7 Å². The zero-order valence-corrected chi connectivity index (χ0v) is 13.3. The molecule has 1 aromatic rings. The highest BCUT2D eigenvalue weighted by Gasteiger charge is 2.38. The van der Waals surface area contributed by atoms with E-state index in [0.717, 1.165) is 25.7 Å². The fourth-order valence-electron chi connectivity index (χ4n) is 2.97. The van der Waals surface area contributed by atoms with Crippen LogP contribution in [0.25, 0.3) is 0 Å². The van der Waals surface area contributed by atoms with Gasteiger partial charge in [-0.15, -0.1) is 0 Å². The lowest BCUT2D eigenvalue weighted by Crippen LogP contribution is -2.53. The Hall–Kier alpha value is -1.62. The summed E-state index contributed by atoms with van der Waals surface area (Å²) in [5, 5.41) is 0. The number of amides is 1. The molecular formula is C17H25FN2O2. The molecule has 0 radical (unpaired) electrons. The molecule has 0 saturated heterocycles. The largest absolute Gasteiger partial charge is 0.492 e. The Labute approximate surface area is 131 Å². The maximum Gasteiger partial charge on any atom is 0.227 e. The van der Waals surface area contributed by atoms with Crippen molar-refractivity contribution in [1.82, 2.24) is 4.90 Å². The van der Waals surface area contributed by atoms with E-state index in [1.807, 2.05) is 6.92 Å². The lowest BCUT2D eigenvalue weighted by Gasteiger charge is -2.39. The van der Waals surface area contributed by atoms with E-state index in [1.54, 1.807) is 24.1 Å². The SMILES string of the molecule is CN(CCOc1ccc(F)cc1)C(=O)C1CCCCC1(C)N. The third kappa shape index (κ3) is 4.19. The van der Waals surface area contributed by atoms with Crippen LogP contribution in [0.5, 0.6) is 5.75 Å². The molecule has 22 heavy (non-hydrogen) atoms. The summed E-state index contributed by atoms with van der Waals surface area (Å²) in [6.45, 7) is 2.84. The van der Waals surface area contributed by atoms with Crippen LogP contribution in [-0.4, -0.2) is 36.5 Å². The Balaban J connectivity index is 1.82. The molecule has 0 bridgehead atoms. The highest BCUT2D eigenvalue weighted by Crippen LogP contribution is 2.32. The highest BCUT2D eigenvalue weighted by atomic mass is 19.1. The lowest BCUT2D eigenvalue weighted by molar-refractivity contribution is -0.137. The second kappa shape index (κ2) is 7.09. The summed E-state index contributed by atoms with van der Waals surface area (Å²) in [6, 6.07) is 5.86. The van der Waals surface area contributed by atoms with Gasteiger partial charge in [-0.2, -0.15) is 0 Å². The van der Waals surface area contributed by atoms with Crippen LogP contribution in [0.3, 0.4) is 0 Å². The van der Waals surface area contributed by atoms with Crippen LogP contribution < -0.4 is 10.5 Å². The van der Waals surface area contributed by atoms with Crippen LogP contribution in [0.2, 0.25) is 0 Å². The van der Waals surface area contributed by atoms with Gasteiger partial charge in [0, 0.05) is 12.6 Å². The van der Waals surface area contributed by atoms with Crippen molar-refractivity contribution in [3.63, 3.8) is 0 Å². The van der Waals surface area contributed by atoms with Gasteiger partial charge in [0.15, 0.2) is 0 Å². The summed E-state index contributed by atoms with van der Waals surface area (Å²) >= 11 is 0. The first-order valence-corrected chi connectivity index (χ1v) is 7.82. The molecule has 2 atom stereocenters. The van der Waals surface area contributed by atoms with Gasteiger partial charge in [0.1, 0.15) is 18.2 Å². The second-order valence-corrected chi connectivity index (χ2v) is 6.37. The fraction of sp³-hybridized carbons (Fsp3) is 0.588. The summed E-state index contributed by atoms with van der Waals surface area (Å²) < 4.78 is 18.3. The van der Waals surface area contributed by atoms with E-state index in [2.05, 4.69) is 0 Å². The van der Waals surface area contributed by atoms with Crippen molar-refractivity contribution in [3.8, 4) is 5.75 Å². The number of nitrogens with two attached hydrogens (primary N) is 1. The number of carbonyl (C=O) groups is 1. The molecule has 0 heterocycles. The van der Waals surface area contributed by atoms with E-state index < -0.39 is 5.54 Å². The van der Waals surface area contributed by atoms with E-state index in [4.69, 9.17) is 10.5 Å². The van der Waals surface area contributed by atoms with Gasteiger partial charge in [-0.3, -0.25) is 4.79 Å². The predicted molar refractivity (Wildman–Crippen MR) is 84.1 cm³/mol. The van der Waals surface area contributed by atoms with Gasteiger partial charge in [-0.05, 0) is 44.0 Å². The molecule has 0 aromatic heterocycles. The number of ether oxygens (including phenoxy) is 1. The fourth-order valence-corrected chi connectivity index (χ4v) is 2.97. The molecule has 2 N–H and O–H groups in total.